The number of carboxylic acid groups (broad SMARTS) is 1. The first-order chi connectivity index (χ1) is 13.6. The van der Waals surface area contributed by atoms with Crippen LogP contribution in [-0.4, -0.2) is 48.6 Å². The fraction of sp³-hybridized carbons (Fsp3) is 0.611. The number of rotatable bonds is 10. The lowest BCUT2D eigenvalue weighted by Gasteiger charge is -2.28. The minimum absolute atomic E-state index is 0.120. The summed E-state index contributed by atoms with van der Waals surface area (Å²) in [6, 6.07) is 3.81. The molecular formula is C18H24BrN5O3S. The van der Waals surface area contributed by atoms with Crippen molar-refractivity contribution < 1.29 is 14.6 Å². The van der Waals surface area contributed by atoms with Gasteiger partial charge >= 0.3 is 5.97 Å². The molecule has 8 nitrogen and oxygen atoms in total. The highest BCUT2D eigenvalue weighted by atomic mass is 79.9. The van der Waals surface area contributed by atoms with Crippen LogP contribution in [0.2, 0.25) is 0 Å². The molecule has 2 aromatic heterocycles. The molecule has 2 aromatic rings. The quantitative estimate of drug-likeness (QED) is 0.313. The van der Waals surface area contributed by atoms with Gasteiger partial charge in [0.15, 0.2) is 5.82 Å². The van der Waals surface area contributed by atoms with Crippen molar-refractivity contribution in [1.82, 2.24) is 25.2 Å². The average molecular weight is 470 g/mol. The SMILES string of the molecule is O=C(O)C(C1CCCC1)[C@H](Cc1ccc(Br)nc1)c1nnnn1COCCS. The molecule has 0 spiro atoms. The molecule has 1 saturated carbocycles. The van der Waals surface area contributed by atoms with Crippen LogP contribution >= 0.6 is 28.6 Å². The second-order valence-electron chi connectivity index (χ2n) is 7.01. The standard InChI is InChI=1S/C18H24BrN5O3S/c19-15-6-5-12(10-20-15)9-14(16(18(25)26)13-3-1-2-4-13)17-21-22-23-24(17)11-27-7-8-28/h5-6,10,13-14,16,28H,1-4,7-9,11H2,(H,25,26)/t14-,16?/m0/s1. The maximum Gasteiger partial charge on any atom is 0.307 e. The monoisotopic (exact) mass is 469 g/mol. The van der Waals surface area contributed by atoms with Crippen molar-refractivity contribution in [2.24, 2.45) is 11.8 Å². The average Bonchev–Trinajstić information content (AvgIpc) is 3.35. The number of pyridine rings is 1. The number of ether oxygens (including phenoxy) is 1. The summed E-state index contributed by atoms with van der Waals surface area (Å²) in [4.78, 5) is 16.6. The highest BCUT2D eigenvalue weighted by Crippen LogP contribution is 2.40. The molecule has 0 aliphatic heterocycles. The van der Waals surface area contributed by atoms with Crippen molar-refractivity contribution in [3.63, 3.8) is 0 Å². The summed E-state index contributed by atoms with van der Waals surface area (Å²) in [5, 5.41) is 22.1. The summed E-state index contributed by atoms with van der Waals surface area (Å²) in [6.45, 7) is 0.643. The molecule has 1 fully saturated rings. The third kappa shape index (κ3) is 5.30. The number of nitrogens with zero attached hydrogens (tertiary/aromatic N) is 5. The predicted molar refractivity (Wildman–Crippen MR) is 109 cm³/mol. The van der Waals surface area contributed by atoms with E-state index < -0.39 is 11.9 Å². The number of aromatic nitrogens is 5. The van der Waals surface area contributed by atoms with Crippen molar-refractivity contribution in [2.75, 3.05) is 12.4 Å². The Morgan fingerprint density at radius 2 is 2.18 bits per heavy atom. The molecule has 0 bridgehead atoms. The first-order valence-corrected chi connectivity index (χ1v) is 10.8. The van der Waals surface area contributed by atoms with Gasteiger partial charge in [-0.3, -0.25) is 4.79 Å². The van der Waals surface area contributed by atoms with Crippen LogP contribution in [0.4, 0.5) is 0 Å². The van der Waals surface area contributed by atoms with Crippen LogP contribution in [0.1, 0.15) is 43.0 Å². The summed E-state index contributed by atoms with van der Waals surface area (Å²) >= 11 is 7.48. The van der Waals surface area contributed by atoms with Gasteiger partial charge in [0.2, 0.25) is 0 Å². The number of aliphatic carboxylic acids is 1. The normalized spacial score (nSPS) is 16.9. The van der Waals surface area contributed by atoms with Gasteiger partial charge in [0.1, 0.15) is 11.3 Å². The van der Waals surface area contributed by atoms with Crippen molar-refractivity contribution in [3.05, 3.63) is 34.3 Å². The molecule has 1 unspecified atom stereocenters. The Labute approximate surface area is 177 Å². The van der Waals surface area contributed by atoms with Gasteiger partial charge < -0.3 is 9.84 Å². The number of carboxylic acids is 1. The maximum absolute atomic E-state index is 12.3. The van der Waals surface area contributed by atoms with Crippen molar-refractivity contribution in [1.29, 1.82) is 0 Å². The molecule has 1 N–H and O–H groups in total. The Bertz CT molecular complexity index is 767. The molecule has 152 valence electrons. The van der Waals surface area contributed by atoms with Crippen LogP contribution in [-0.2, 0) is 22.7 Å². The Morgan fingerprint density at radius 3 is 2.82 bits per heavy atom. The smallest absolute Gasteiger partial charge is 0.307 e. The fourth-order valence-corrected chi connectivity index (χ4v) is 4.33. The van der Waals surface area contributed by atoms with E-state index in [1.807, 2.05) is 12.1 Å². The van der Waals surface area contributed by atoms with Crippen molar-refractivity contribution in [3.8, 4) is 0 Å². The van der Waals surface area contributed by atoms with Gasteiger partial charge in [0.05, 0.1) is 12.5 Å². The molecule has 10 heteroatoms. The molecule has 2 heterocycles. The van der Waals surface area contributed by atoms with E-state index in [4.69, 9.17) is 4.74 Å². The summed E-state index contributed by atoms with van der Waals surface area (Å²) in [7, 11) is 0. The van der Waals surface area contributed by atoms with Gasteiger partial charge in [-0.15, -0.1) is 5.10 Å². The molecule has 0 saturated heterocycles. The third-order valence-electron chi connectivity index (χ3n) is 5.21. The lowest BCUT2D eigenvalue weighted by Crippen LogP contribution is -2.32. The summed E-state index contributed by atoms with van der Waals surface area (Å²) in [5.74, 6) is -0.465. The number of carbonyl (C=O) groups is 1. The molecule has 0 amide bonds. The van der Waals surface area contributed by atoms with Gasteiger partial charge in [-0.05, 0) is 63.2 Å². The van der Waals surface area contributed by atoms with E-state index in [-0.39, 0.29) is 18.6 Å². The third-order valence-corrected chi connectivity index (χ3v) is 5.86. The Morgan fingerprint density at radius 1 is 1.39 bits per heavy atom. The van der Waals surface area contributed by atoms with Crippen LogP contribution < -0.4 is 0 Å². The molecule has 28 heavy (non-hydrogen) atoms. The van der Waals surface area contributed by atoms with Crippen LogP contribution in [0.5, 0.6) is 0 Å². The van der Waals surface area contributed by atoms with Gasteiger partial charge in [-0.2, -0.15) is 12.6 Å². The molecular weight excluding hydrogens is 446 g/mol. The number of tetrazole rings is 1. The molecule has 2 atom stereocenters. The molecule has 1 aliphatic rings. The first kappa shape index (κ1) is 21.2. The minimum atomic E-state index is -0.798. The molecule has 0 radical (unpaired) electrons. The van der Waals surface area contributed by atoms with Gasteiger partial charge in [-0.25, -0.2) is 9.67 Å². The lowest BCUT2D eigenvalue weighted by molar-refractivity contribution is -0.144. The first-order valence-electron chi connectivity index (χ1n) is 9.38. The Kier molecular flexibility index (Phi) is 7.81. The fourth-order valence-electron chi connectivity index (χ4n) is 3.96. The summed E-state index contributed by atoms with van der Waals surface area (Å²) in [5.41, 5.74) is 0.947. The van der Waals surface area contributed by atoms with E-state index in [0.29, 0.717) is 24.6 Å². The van der Waals surface area contributed by atoms with Crippen molar-refractivity contribution in [2.45, 2.75) is 44.8 Å². The molecule has 1 aliphatic carbocycles. The molecule has 0 aromatic carbocycles. The zero-order chi connectivity index (χ0) is 19.9. The van der Waals surface area contributed by atoms with E-state index in [9.17, 15) is 9.90 Å². The van der Waals surface area contributed by atoms with Gasteiger partial charge in [0, 0.05) is 17.9 Å². The summed E-state index contributed by atoms with van der Waals surface area (Å²) < 4.78 is 7.83. The van der Waals surface area contributed by atoms with Crippen LogP contribution in [0, 0.1) is 11.8 Å². The predicted octanol–water partition coefficient (Wildman–Crippen LogP) is 2.95. The number of hydrogen-bond donors (Lipinski definition) is 2. The second-order valence-corrected chi connectivity index (χ2v) is 8.27. The second kappa shape index (κ2) is 10.3. The zero-order valence-corrected chi connectivity index (χ0v) is 17.9. The van der Waals surface area contributed by atoms with E-state index in [2.05, 4.69) is 49.1 Å². The minimum Gasteiger partial charge on any atom is -0.481 e. The topological polar surface area (TPSA) is 103 Å². The van der Waals surface area contributed by atoms with Gasteiger partial charge in [0.25, 0.3) is 0 Å². The largest absolute Gasteiger partial charge is 0.481 e. The maximum atomic E-state index is 12.3. The van der Waals surface area contributed by atoms with Crippen LogP contribution in [0.15, 0.2) is 22.9 Å². The van der Waals surface area contributed by atoms with E-state index in [0.717, 1.165) is 35.8 Å². The van der Waals surface area contributed by atoms with E-state index in [1.54, 1.807) is 10.9 Å². The lowest BCUT2D eigenvalue weighted by atomic mass is 9.77. The Balaban J connectivity index is 1.92. The number of hydrogen-bond acceptors (Lipinski definition) is 7. The van der Waals surface area contributed by atoms with E-state index >= 15 is 0 Å². The van der Waals surface area contributed by atoms with Gasteiger partial charge in [-0.1, -0.05) is 18.9 Å². The van der Waals surface area contributed by atoms with Crippen molar-refractivity contribution >= 4 is 34.5 Å². The van der Waals surface area contributed by atoms with Crippen LogP contribution in [0.25, 0.3) is 0 Å². The highest BCUT2D eigenvalue weighted by molar-refractivity contribution is 9.10. The molecule has 3 rings (SSSR count). The van der Waals surface area contributed by atoms with E-state index in [1.165, 1.54) is 0 Å². The Hall–Kier alpha value is -1.52. The summed E-state index contributed by atoms with van der Waals surface area (Å²) in [6.07, 6.45) is 6.23. The van der Waals surface area contributed by atoms with Crippen LogP contribution in [0.3, 0.4) is 0 Å². The number of halogens is 1. The number of thiol groups is 1. The highest BCUT2D eigenvalue weighted by Gasteiger charge is 2.40. The zero-order valence-electron chi connectivity index (χ0n) is 15.4.